The molecule has 0 bridgehead atoms. The summed E-state index contributed by atoms with van der Waals surface area (Å²) in [6, 6.07) is 1.27. The summed E-state index contributed by atoms with van der Waals surface area (Å²) < 4.78 is 5.37. The Hall–Kier alpha value is -0.120. The molecular formula is C14H30N2O. The van der Waals surface area contributed by atoms with E-state index in [1.807, 2.05) is 0 Å². The van der Waals surface area contributed by atoms with Crippen LogP contribution in [0.3, 0.4) is 0 Å². The van der Waals surface area contributed by atoms with Crippen molar-refractivity contribution in [3.05, 3.63) is 0 Å². The van der Waals surface area contributed by atoms with Gasteiger partial charge in [0.2, 0.25) is 0 Å². The highest BCUT2D eigenvalue weighted by atomic mass is 16.5. The van der Waals surface area contributed by atoms with Gasteiger partial charge in [0.05, 0.1) is 6.61 Å². The van der Waals surface area contributed by atoms with Crippen molar-refractivity contribution in [2.24, 2.45) is 11.7 Å². The number of likely N-dealkylation sites (N-methyl/N-ethyl adjacent to an activating group) is 1. The lowest BCUT2D eigenvalue weighted by Crippen LogP contribution is -2.47. The minimum absolute atomic E-state index is 0.536. The molecule has 1 aliphatic carbocycles. The molecule has 3 atom stereocenters. The first-order valence-corrected chi connectivity index (χ1v) is 7.11. The summed E-state index contributed by atoms with van der Waals surface area (Å²) in [5.41, 5.74) is 5.62. The third-order valence-electron chi connectivity index (χ3n) is 4.27. The molecule has 1 saturated carbocycles. The average Bonchev–Trinajstić information content (AvgIpc) is 2.34. The number of hydrogen-bond acceptors (Lipinski definition) is 3. The SMILES string of the molecule is COCC(CCCN)N(C)C1CCCCC1C. The minimum atomic E-state index is 0.536. The summed E-state index contributed by atoms with van der Waals surface area (Å²) in [5.74, 6) is 0.825. The lowest BCUT2D eigenvalue weighted by molar-refractivity contribution is 0.0420. The largest absolute Gasteiger partial charge is 0.383 e. The summed E-state index contributed by atoms with van der Waals surface area (Å²) in [4.78, 5) is 2.56. The van der Waals surface area contributed by atoms with E-state index >= 15 is 0 Å². The Morgan fingerprint density at radius 2 is 2.06 bits per heavy atom. The number of nitrogens with two attached hydrogens (primary N) is 1. The molecule has 0 heterocycles. The molecule has 0 aromatic heterocycles. The Morgan fingerprint density at radius 1 is 1.35 bits per heavy atom. The van der Waals surface area contributed by atoms with Gasteiger partial charge in [-0.05, 0) is 45.2 Å². The Balaban J connectivity index is 2.51. The predicted octanol–water partition coefficient (Wildman–Crippen LogP) is 2.25. The predicted molar refractivity (Wildman–Crippen MR) is 73.1 cm³/mol. The van der Waals surface area contributed by atoms with Crippen molar-refractivity contribution in [3.8, 4) is 0 Å². The molecule has 0 amide bonds. The summed E-state index contributed by atoms with van der Waals surface area (Å²) in [6.07, 6.45) is 7.77. The van der Waals surface area contributed by atoms with Crippen LogP contribution in [0.2, 0.25) is 0 Å². The smallest absolute Gasteiger partial charge is 0.0618 e. The van der Waals surface area contributed by atoms with Crippen molar-refractivity contribution in [2.75, 3.05) is 27.3 Å². The maximum absolute atomic E-state index is 5.62. The molecule has 0 saturated heterocycles. The highest BCUT2D eigenvalue weighted by molar-refractivity contribution is 4.83. The number of ether oxygens (including phenoxy) is 1. The van der Waals surface area contributed by atoms with E-state index in [1.165, 1.54) is 25.7 Å². The van der Waals surface area contributed by atoms with Crippen LogP contribution >= 0.6 is 0 Å². The molecule has 3 unspecified atom stereocenters. The fourth-order valence-electron chi connectivity index (χ4n) is 3.12. The second-order valence-corrected chi connectivity index (χ2v) is 5.53. The molecule has 1 fully saturated rings. The van der Waals surface area contributed by atoms with Gasteiger partial charge in [-0.25, -0.2) is 0 Å². The van der Waals surface area contributed by atoms with Gasteiger partial charge < -0.3 is 10.5 Å². The van der Waals surface area contributed by atoms with Crippen LogP contribution in [-0.2, 0) is 4.74 Å². The van der Waals surface area contributed by atoms with Crippen LogP contribution in [0.5, 0.6) is 0 Å². The molecule has 0 radical (unpaired) electrons. The van der Waals surface area contributed by atoms with E-state index in [1.54, 1.807) is 7.11 Å². The molecule has 2 N–H and O–H groups in total. The third kappa shape index (κ3) is 4.57. The van der Waals surface area contributed by atoms with Gasteiger partial charge in [0.15, 0.2) is 0 Å². The van der Waals surface area contributed by atoms with Crippen LogP contribution in [0.15, 0.2) is 0 Å². The second-order valence-electron chi connectivity index (χ2n) is 5.53. The standard InChI is InChI=1S/C14H30N2O/c1-12-7-4-5-9-14(12)16(2)13(11-17-3)8-6-10-15/h12-14H,4-11,15H2,1-3H3. The lowest BCUT2D eigenvalue weighted by atomic mass is 9.84. The van der Waals surface area contributed by atoms with E-state index in [-0.39, 0.29) is 0 Å². The van der Waals surface area contributed by atoms with Crippen LogP contribution in [0.4, 0.5) is 0 Å². The quantitative estimate of drug-likeness (QED) is 0.744. The first-order valence-electron chi connectivity index (χ1n) is 7.11. The molecular weight excluding hydrogens is 212 g/mol. The number of nitrogens with zero attached hydrogens (tertiary/aromatic N) is 1. The fraction of sp³-hybridized carbons (Fsp3) is 1.00. The van der Waals surface area contributed by atoms with Gasteiger partial charge in [0.1, 0.15) is 0 Å². The number of hydrogen-bond donors (Lipinski definition) is 1. The van der Waals surface area contributed by atoms with Crippen LogP contribution in [0.1, 0.15) is 45.4 Å². The van der Waals surface area contributed by atoms with E-state index in [0.717, 1.165) is 38.0 Å². The van der Waals surface area contributed by atoms with Crippen molar-refractivity contribution in [1.29, 1.82) is 0 Å². The monoisotopic (exact) mass is 242 g/mol. The van der Waals surface area contributed by atoms with Crippen LogP contribution in [0, 0.1) is 5.92 Å². The summed E-state index contributed by atoms with van der Waals surface area (Å²) in [5, 5.41) is 0. The maximum atomic E-state index is 5.62. The molecule has 0 spiro atoms. The zero-order valence-electron chi connectivity index (χ0n) is 11.8. The van der Waals surface area contributed by atoms with Gasteiger partial charge in [-0.2, -0.15) is 0 Å². The fourth-order valence-corrected chi connectivity index (χ4v) is 3.12. The molecule has 3 nitrogen and oxygen atoms in total. The highest BCUT2D eigenvalue weighted by Crippen LogP contribution is 2.29. The van der Waals surface area contributed by atoms with E-state index in [9.17, 15) is 0 Å². The maximum Gasteiger partial charge on any atom is 0.0618 e. The Kier molecular flexibility index (Phi) is 7.09. The van der Waals surface area contributed by atoms with Crippen LogP contribution in [0.25, 0.3) is 0 Å². The molecule has 1 aliphatic rings. The Morgan fingerprint density at radius 3 is 2.65 bits per heavy atom. The highest BCUT2D eigenvalue weighted by Gasteiger charge is 2.28. The van der Waals surface area contributed by atoms with Crippen LogP contribution in [-0.4, -0.2) is 44.3 Å². The number of methoxy groups -OCH3 is 1. The van der Waals surface area contributed by atoms with Gasteiger partial charge in [0.25, 0.3) is 0 Å². The van der Waals surface area contributed by atoms with Crippen LogP contribution < -0.4 is 5.73 Å². The lowest BCUT2D eigenvalue weighted by Gasteiger charge is -2.40. The van der Waals surface area contributed by atoms with Gasteiger partial charge in [0, 0.05) is 19.2 Å². The normalized spacial score (nSPS) is 27.4. The van der Waals surface area contributed by atoms with Gasteiger partial charge in [-0.3, -0.25) is 4.90 Å². The molecule has 17 heavy (non-hydrogen) atoms. The van der Waals surface area contributed by atoms with E-state index in [4.69, 9.17) is 10.5 Å². The summed E-state index contributed by atoms with van der Waals surface area (Å²) in [6.45, 7) is 4.01. The van der Waals surface area contributed by atoms with Crippen molar-refractivity contribution in [3.63, 3.8) is 0 Å². The number of rotatable bonds is 7. The zero-order chi connectivity index (χ0) is 12.7. The van der Waals surface area contributed by atoms with Crippen molar-refractivity contribution in [2.45, 2.75) is 57.5 Å². The van der Waals surface area contributed by atoms with E-state index in [0.29, 0.717) is 6.04 Å². The van der Waals surface area contributed by atoms with E-state index < -0.39 is 0 Å². The molecule has 102 valence electrons. The van der Waals surface area contributed by atoms with Crippen molar-refractivity contribution >= 4 is 0 Å². The molecule has 1 rings (SSSR count). The second kappa shape index (κ2) is 8.06. The Bertz CT molecular complexity index is 199. The van der Waals surface area contributed by atoms with Crippen molar-refractivity contribution < 1.29 is 4.74 Å². The van der Waals surface area contributed by atoms with Crippen molar-refractivity contribution in [1.82, 2.24) is 4.90 Å². The molecule has 0 aliphatic heterocycles. The third-order valence-corrected chi connectivity index (χ3v) is 4.27. The Labute approximate surface area is 107 Å². The topological polar surface area (TPSA) is 38.5 Å². The molecule has 0 aromatic carbocycles. The van der Waals surface area contributed by atoms with Gasteiger partial charge in [-0.1, -0.05) is 19.8 Å². The summed E-state index contributed by atoms with van der Waals surface area (Å²) >= 11 is 0. The first kappa shape index (κ1) is 14.9. The molecule has 0 aromatic rings. The van der Waals surface area contributed by atoms with Gasteiger partial charge in [-0.15, -0.1) is 0 Å². The average molecular weight is 242 g/mol. The van der Waals surface area contributed by atoms with E-state index in [2.05, 4.69) is 18.9 Å². The zero-order valence-corrected chi connectivity index (χ0v) is 11.8. The summed E-state index contributed by atoms with van der Waals surface area (Å²) in [7, 11) is 4.07. The molecule has 3 heteroatoms. The van der Waals surface area contributed by atoms with Gasteiger partial charge >= 0.3 is 0 Å². The minimum Gasteiger partial charge on any atom is -0.383 e. The first-order chi connectivity index (χ1) is 8.20.